The van der Waals surface area contributed by atoms with Crippen LogP contribution >= 0.6 is 0 Å². The van der Waals surface area contributed by atoms with Gasteiger partial charge in [0, 0.05) is 31.3 Å². The molecular formula is C15H16N4O4. The van der Waals surface area contributed by atoms with Gasteiger partial charge in [-0.15, -0.1) is 0 Å². The van der Waals surface area contributed by atoms with Crippen LogP contribution in [0.5, 0.6) is 5.75 Å². The fourth-order valence-corrected chi connectivity index (χ4v) is 2.90. The van der Waals surface area contributed by atoms with Gasteiger partial charge in [0.1, 0.15) is 5.75 Å². The van der Waals surface area contributed by atoms with Crippen molar-refractivity contribution in [2.45, 2.75) is 18.8 Å². The minimum absolute atomic E-state index is 0.0865. The number of aromatic nitrogens is 2. The summed E-state index contributed by atoms with van der Waals surface area (Å²) in [7, 11) is 0. The number of nitrogens with zero attached hydrogens (tertiary/aromatic N) is 3. The van der Waals surface area contributed by atoms with Crippen molar-refractivity contribution in [1.29, 1.82) is 0 Å². The molecule has 0 saturated carbocycles. The zero-order valence-corrected chi connectivity index (χ0v) is 12.3. The van der Waals surface area contributed by atoms with E-state index in [0.29, 0.717) is 13.1 Å². The molecule has 2 N–H and O–H groups in total. The van der Waals surface area contributed by atoms with E-state index in [4.69, 9.17) is 0 Å². The number of phenolic OH excluding ortho intramolecular Hbond substituents is 1. The maximum Gasteiger partial charge on any atom is 0.273 e. The highest BCUT2D eigenvalue weighted by atomic mass is 16.6. The van der Waals surface area contributed by atoms with Crippen LogP contribution in [0.25, 0.3) is 0 Å². The number of nitro groups is 1. The fourth-order valence-electron chi connectivity index (χ4n) is 2.90. The molecule has 23 heavy (non-hydrogen) atoms. The van der Waals surface area contributed by atoms with Gasteiger partial charge >= 0.3 is 0 Å². The Morgan fingerprint density at radius 3 is 2.96 bits per heavy atom. The summed E-state index contributed by atoms with van der Waals surface area (Å²) in [5.74, 6) is -0.480. The molecule has 1 atom stereocenters. The van der Waals surface area contributed by atoms with E-state index < -0.39 is 4.92 Å². The second-order valence-corrected chi connectivity index (χ2v) is 5.58. The molecule has 0 spiro atoms. The largest absolute Gasteiger partial charge is 0.507 e. The van der Waals surface area contributed by atoms with Gasteiger partial charge in [0.2, 0.25) is 0 Å². The summed E-state index contributed by atoms with van der Waals surface area (Å²) in [5, 5.41) is 27.3. The lowest BCUT2D eigenvalue weighted by atomic mass is 9.92. The van der Waals surface area contributed by atoms with Crippen molar-refractivity contribution < 1.29 is 14.8 Å². The lowest BCUT2D eigenvalue weighted by Gasteiger charge is -2.32. The van der Waals surface area contributed by atoms with Crippen LogP contribution in [0.2, 0.25) is 0 Å². The quantitative estimate of drug-likeness (QED) is 0.664. The maximum absolute atomic E-state index is 12.6. The normalized spacial score (nSPS) is 17.9. The molecule has 1 aromatic carbocycles. The number of piperidine rings is 1. The van der Waals surface area contributed by atoms with E-state index >= 15 is 0 Å². The van der Waals surface area contributed by atoms with Crippen LogP contribution in [0.15, 0.2) is 30.6 Å². The molecule has 120 valence electrons. The smallest absolute Gasteiger partial charge is 0.273 e. The van der Waals surface area contributed by atoms with E-state index in [1.807, 2.05) is 6.20 Å². The van der Waals surface area contributed by atoms with E-state index in [9.17, 15) is 20.0 Å². The zero-order valence-electron chi connectivity index (χ0n) is 12.3. The van der Waals surface area contributed by atoms with E-state index in [-0.39, 0.29) is 28.8 Å². The first-order chi connectivity index (χ1) is 11.1. The first-order valence-electron chi connectivity index (χ1n) is 7.31. The van der Waals surface area contributed by atoms with Crippen molar-refractivity contribution in [3.8, 4) is 5.75 Å². The molecule has 0 radical (unpaired) electrons. The number of phenols is 1. The Hall–Kier alpha value is -2.90. The Morgan fingerprint density at radius 1 is 1.48 bits per heavy atom. The zero-order chi connectivity index (χ0) is 16.4. The number of aromatic amines is 1. The van der Waals surface area contributed by atoms with Crippen molar-refractivity contribution >= 4 is 11.6 Å². The Balaban J connectivity index is 1.78. The molecule has 1 aliphatic heterocycles. The van der Waals surface area contributed by atoms with E-state index in [1.54, 1.807) is 11.1 Å². The number of nitrogens with one attached hydrogen (secondary N) is 1. The third kappa shape index (κ3) is 3.01. The third-order valence-corrected chi connectivity index (χ3v) is 4.12. The Kier molecular flexibility index (Phi) is 3.96. The fraction of sp³-hybridized carbons (Fsp3) is 0.333. The molecule has 0 aliphatic carbocycles. The number of non-ortho nitro benzene ring substituents is 1. The van der Waals surface area contributed by atoms with E-state index in [2.05, 4.69) is 10.2 Å². The molecule has 3 rings (SSSR count). The highest BCUT2D eigenvalue weighted by molar-refractivity contribution is 5.97. The molecule has 0 bridgehead atoms. The van der Waals surface area contributed by atoms with Gasteiger partial charge in [-0.25, -0.2) is 0 Å². The topological polar surface area (TPSA) is 112 Å². The molecule has 1 aliphatic rings. The van der Waals surface area contributed by atoms with Gasteiger partial charge in [-0.3, -0.25) is 20.0 Å². The number of hydrogen-bond donors (Lipinski definition) is 2. The van der Waals surface area contributed by atoms with Crippen LogP contribution in [0.1, 0.15) is 34.7 Å². The lowest BCUT2D eigenvalue weighted by molar-refractivity contribution is -0.384. The number of hydrogen-bond acceptors (Lipinski definition) is 5. The SMILES string of the molecule is O=C(c1ccc([N+](=O)[O-])cc1O)N1CCC[C@@H](c2cn[nH]c2)C1. The molecule has 8 heteroatoms. The number of amides is 1. The average Bonchev–Trinajstić information content (AvgIpc) is 3.08. The van der Waals surface area contributed by atoms with Crippen LogP contribution in [0, 0.1) is 10.1 Å². The Bertz CT molecular complexity index is 729. The van der Waals surface area contributed by atoms with Crippen molar-refractivity contribution in [3.05, 3.63) is 51.8 Å². The molecule has 1 aromatic heterocycles. The van der Waals surface area contributed by atoms with Crippen molar-refractivity contribution in [2.24, 2.45) is 0 Å². The maximum atomic E-state index is 12.6. The van der Waals surface area contributed by atoms with E-state index in [1.165, 1.54) is 12.1 Å². The number of carbonyl (C=O) groups excluding carboxylic acids is 1. The molecule has 2 aromatic rings. The minimum atomic E-state index is -0.607. The Morgan fingerprint density at radius 2 is 2.30 bits per heavy atom. The monoisotopic (exact) mass is 316 g/mol. The summed E-state index contributed by atoms with van der Waals surface area (Å²) in [6.45, 7) is 1.14. The van der Waals surface area contributed by atoms with Gasteiger partial charge < -0.3 is 10.0 Å². The summed E-state index contributed by atoms with van der Waals surface area (Å²) in [4.78, 5) is 24.4. The van der Waals surface area contributed by atoms with Gasteiger partial charge in [0.05, 0.1) is 22.7 Å². The van der Waals surface area contributed by atoms with Crippen LogP contribution in [-0.2, 0) is 0 Å². The molecule has 0 unspecified atom stereocenters. The van der Waals surface area contributed by atoms with Crippen molar-refractivity contribution in [1.82, 2.24) is 15.1 Å². The van der Waals surface area contributed by atoms with E-state index in [0.717, 1.165) is 24.5 Å². The molecular weight excluding hydrogens is 300 g/mol. The van der Waals surface area contributed by atoms with Crippen LogP contribution in [0.3, 0.4) is 0 Å². The number of rotatable bonds is 3. The lowest BCUT2D eigenvalue weighted by Crippen LogP contribution is -2.39. The second-order valence-electron chi connectivity index (χ2n) is 5.58. The number of nitro benzene ring substituents is 1. The van der Waals surface area contributed by atoms with Gasteiger partial charge in [0.15, 0.2) is 0 Å². The standard InChI is InChI=1S/C15H16N4O4/c20-14-6-12(19(22)23)3-4-13(14)15(21)18-5-1-2-10(9-18)11-7-16-17-8-11/h3-4,6-8,10,20H,1-2,5,9H2,(H,16,17)/t10-/m1/s1. The van der Waals surface area contributed by atoms with Gasteiger partial charge in [-0.1, -0.05) is 0 Å². The summed E-state index contributed by atoms with van der Waals surface area (Å²) in [5.41, 5.74) is 0.896. The predicted molar refractivity (Wildman–Crippen MR) is 81.2 cm³/mol. The number of benzene rings is 1. The molecule has 1 fully saturated rings. The molecule has 1 amide bonds. The minimum Gasteiger partial charge on any atom is -0.507 e. The summed E-state index contributed by atoms with van der Waals surface area (Å²) in [6.07, 6.45) is 5.40. The van der Waals surface area contributed by atoms with Crippen LogP contribution in [0.4, 0.5) is 5.69 Å². The summed E-state index contributed by atoms with van der Waals surface area (Å²) < 4.78 is 0. The van der Waals surface area contributed by atoms with Crippen molar-refractivity contribution in [2.75, 3.05) is 13.1 Å². The highest BCUT2D eigenvalue weighted by Crippen LogP contribution is 2.29. The Labute approximate surface area is 131 Å². The molecule has 8 nitrogen and oxygen atoms in total. The van der Waals surface area contributed by atoms with Gasteiger partial charge in [-0.05, 0) is 24.5 Å². The van der Waals surface area contributed by atoms with Crippen molar-refractivity contribution in [3.63, 3.8) is 0 Å². The van der Waals surface area contributed by atoms with Gasteiger partial charge in [0.25, 0.3) is 11.6 Å². The van der Waals surface area contributed by atoms with Crippen LogP contribution < -0.4 is 0 Å². The summed E-state index contributed by atoms with van der Waals surface area (Å²) in [6, 6.07) is 3.53. The third-order valence-electron chi connectivity index (χ3n) is 4.12. The van der Waals surface area contributed by atoms with Gasteiger partial charge in [-0.2, -0.15) is 5.10 Å². The molecule has 2 heterocycles. The summed E-state index contributed by atoms with van der Waals surface area (Å²) >= 11 is 0. The second kappa shape index (κ2) is 6.07. The number of aromatic hydroxyl groups is 1. The number of likely N-dealkylation sites (tertiary alicyclic amines) is 1. The average molecular weight is 316 g/mol. The predicted octanol–water partition coefficient (Wildman–Crippen LogP) is 2.04. The van der Waals surface area contributed by atoms with Crippen LogP contribution in [-0.4, -0.2) is 44.1 Å². The number of carbonyl (C=O) groups is 1. The number of H-pyrrole nitrogens is 1. The first kappa shape index (κ1) is 15.0. The first-order valence-corrected chi connectivity index (χ1v) is 7.31. The molecule has 1 saturated heterocycles. The highest BCUT2D eigenvalue weighted by Gasteiger charge is 2.27.